The molecule has 1 aromatic heterocycles. The van der Waals surface area contributed by atoms with E-state index in [1.165, 1.54) is 12.3 Å². The highest BCUT2D eigenvalue weighted by Gasteiger charge is 2.13. The summed E-state index contributed by atoms with van der Waals surface area (Å²) in [6.45, 7) is 0. The Kier molecular flexibility index (Phi) is 3.28. The zero-order valence-corrected chi connectivity index (χ0v) is 11.0. The second kappa shape index (κ2) is 4.70. The Hall–Kier alpha value is -1.63. The number of amides is 1. The van der Waals surface area contributed by atoms with Crippen LogP contribution in [-0.2, 0) is 0 Å². The van der Waals surface area contributed by atoms with Gasteiger partial charge < -0.3 is 11.5 Å². The van der Waals surface area contributed by atoms with Crippen molar-refractivity contribution in [1.82, 2.24) is 4.98 Å². The first-order chi connectivity index (χ1) is 8.11. The molecule has 0 saturated heterocycles. The van der Waals surface area contributed by atoms with Crippen LogP contribution in [0.3, 0.4) is 0 Å². The molecule has 0 saturated carbocycles. The molecule has 0 fully saturated rings. The fourth-order valence-electron chi connectivity index (χ4n) is 1.56. The van der Waals surface area contributed by atoms with E-state index < -0.39 is 5.91 Å². The molecule has 5 heteroatoms. The predicted octanol–water partition coefficient (Wildman–Crippen LogP) is 2.03. The van der Waals surface area contributed by atoms with E-state index in [0.29, 0.717) is 16.9 Å². The monoisotopic (exact) mass is 339 g/mol. The first-order valence-electron chi connectivity index (χ1n) is 4.90. The summed E-state index contributed by atoms with van der Waals surface area (Å²) in [4.78, 5) is 15.4. The minimum atomic E-state index is -0.544. The standard InChI is InChI=1S/C12H10IN3O/c13-9-4-2-1-3-7(9)11-10(14)8(12(15)17)5-6-16-11/h1-6H,14H2,(H2,15,17). The van der Waals surface area contributed by atoms with Crippen molar-refractivity contribution in [3.05, 3.63) is 45.7 Å². The van der Waals surface area contributed by atoms with Crippen molar-refractivity contribution in [2.24, 2.45) is 5.73 Å². The van der Waals surface area contributed by atoms with Gasteiger partial charge in [0, 0.05) is 15.3 Å². The van der Waals surface area contributed by atoms with Gasteiger partial charge in [-0.2, -0.15) is 0 Å². The molecule has 1 aromatic carbocycles. The van der Waals surface area contributed by atoms with Gasteiger partial charge in [0.2, 0.25) is 0 Å². The minimum Gasteiger partial charge on any atom is -0.396 e. The quantitative estimate of drug-likeness (QED) is 0.822. The topological polar surface area (TPSA) is 82.0 Å². The summed E-state index contributed by atoms with van der Waals surface area (Å²) < 4.78 is 1.02. The Morgan fingerprint density at radius 3 is 2.59 bits per heavy atom. The van der Waals surface area contributed by atoms with Crippen LogP contribution in [0.4, 0.5) is 5.69 Å². The molecule has 0 bridgehead atoms. The number of hydrogen-bond acceptors (Lipinski definition) is 3. The van der Waals surface area contributed by atoms with Gasteiger partial charge in [0.25, 0.3) is 5.91 Å². The molecule has 0 aliphatic rings. The van der Waals surface area contributed by atoms with Crippen LogP contribution >= 0.6 is 22.6 Å². The summed E-state index contributed by atoms with van der Waals surface area (Å²) in [5.74, 6) is -0.544. The van der Waals surface area contributed by atoms with Crippen LogP contribution in [0.25, 0.3) is 11.3 Å². The molecule has 4 nitrogen and oxygen atoms in total. The Morgan fingerprint density at radius 2 is 1.94 bits per heavy atom. The van der Waals surface area contributed by atoms with Gasteiger partial charge in [-0.3, -0.25) is 9.78 Å². The maximum absolute atomic E-state index is 11.2. The summed E-state index contributed by atoms with van der Waals surface area (Å²) in [5, 5.41) is 0. The van der Waals surface area contributed by atoms with Crippen molar-refractivity contribution in [1.29, 1.82) is 0 Å². The number of nitrogens with zero attached hydrogens (tertiary/aromatic N) is 1. The van der Waals surface area contributed by atoms with Crippen LogP contribution in [0.5, 0.6) is 0 Å². The van der Waals surface area contributed by atoms with Gasteiger partial charge in [-0.1, -0.05) is 18.2 Å². The third kappa shape index (κ3) is 2.23. The number of nitrogens with two attached hydrogens (primary N) is 2. The lowest BCUT2D eigenvalue weighted by Gasteiger charge is -2.09. The van der Waals surface area contributed by atoms with E-state index in [0.717, 1.165) is 9.13 Å². The number of benzene rings is 1. The van der Waals surface area contributed by atoms with E-state index in [4.69, 9.17) is 11.5 Å². The Labute approximate surface area is 112 Å². The Bertz CT molecular complexity index is 584. The van der Waals surface area contributed by atoms with E-state index in [2.05, 4.69) is 27.6 Å². The van der Waals surface area contributed by atoms with Gasteiger partial charge in [0.15, 0.2) is 0 Å². The van der Waals surface area contributed by atoms with Crippen molar-refractivity contribution in [3.63, 3.8) is 0 Å². The highest BCUT2D eigenvalue weighted by atomic mass is 127. The minimum absolute atomic E-state index is 0.301. The smallest absolute Gasteiger partial charge is 0.250 e. The number of rotatable bonds is 2. The maximum Gasteiger partial charge on any atom is 0.250 e. The summed E-state index contributed by atoms with van der Waals surface area (Å²) in [6, 6.07) is 9.21. The van der Waals surface area contributed by atoms with Crippen molar-refractivity contribution in [2.45, 2.75) is 0 Å². The van der Waals surface area contributed by atoms with Gasteiger partial charge in [-0.25, -0.2) is 0 Å². The summed E-state index contributed by atoms with van der Waals surface area (Å²) in [6.07, 6.45) is 1.54. The van der Waals surface area contributed by atoms with Crippen molar-refractivity contribution < 1.29 is 4.79 Å². The van der Waals surface area contributed by atoms with Crippen LogP contribution in [0.1, 0.15) is 10.4 Å². The summed E-state index contributed by atoms with van der Waals surface area (Å²) in [5.41, 5.74) is 13.3. The van der Waals surface area contributed by atoms with E-state index in [1.807, 2.05) is 24.3 Å². The second-order valence-electron chi connectivity index (χ2n) is 3.46. The number of aromatic nitrogens is 1. The highest BCUT2D eigenvalue weighted by Crippen LogP contribution is 2.29. The molecule has 2 aromatic rings. The van der Waals surface area contributed by atoms with E-state index in [-0.39, 0.29) is 0 Å². The maximum atomic E-state index is 11.2. The van der Waals surface area contributed by atoms with Crippen LogP contribution in [-0.4, -0.2) is 10.9 Å². The van der Waals surface area contributed by atoms with Gasteiger partial charge >= 0.3 is 0 Å². The normalized spacial score (nSPS) is 10.2. The number of carbonyl (C=O) groups is 1. The van der Waals surface area contributed by atoms with Crippen molar-refractivity contribution >= 4 is 34.2 Å². The summed E-state index contributed by atoms with van der Waals surface area (Å²) in [7, 11) is 0. The average Bonchev–Trinajstić information content (AvgIpc) is 2.30. The van der Waals surface area contributed by atoms with Gasteiger partial charge in [-0.05, 0) is 34.7 Å². The molecule has 0 aliphatic heterocycles. The molecule has 0 unspecified atom stereocenters. The lowest BCUT2D eigenvalue weighted by atomic mass is 10.1. The molecule has 1 amide bonds. The highest BCUT2D eigenvalue weighted by molar-refractivity contribution is 14.1. The van der Waals surface area contributed by atoms with Gasteiger partial charge in [-0.15, -0.1) is 0 Å². The van der Waals surface area contributed by atoms with Crippen LogP contribution in [0, 0.1) is 3.57 Å². The molecule has 86 valence electrons. The molecule has 1 heterocycles. The lowest BCUT2D eigenvalue weighted by Crippen LogP contribution is -2.14. The van der Waals surface area contributed by atoms with Crippen molar-refractivity contribution in [3.8, 4) is 11.3 Å². The molecular formula is C12H10IN3O. The zero-order chi connectivity index (χ0) is 12.4. The SMILES string of the molecule is NC(=O)c1ccnc(-c2ccccc2I)c1N. The molecule has 17 heavy (non-hydrogen) atoms. The molecule has 4 N–H and O–H groups in total. The molecule has 0 radical (unpaired) electrons. The first kappa shape index (κ1) is 11.8. The molecular weight excluding hydrogens is 329 g/mol. The third-order valence-corrected chi connectivity index (χ3v) is 3.33. The number of carbonyl (C=O) groups excluding carboxylic acids is 1. The number of nitrogen functional groups attached to an aromatic ring is 1. The number of anilines is 1. The predicted molar refractivity (Wildman–Crippen MR) is 75.3 cm³/mol. The molecule has 0 aliphatic carbocycles. The Morgan fingerprint density at radius 1 is 1.24 bits per heavy atom. The number of halogens is 1. The van der Waals surface area contributed by atoms with Crippen molar-refractivity contribution in [2.75, 3.05) is 5.73 Å². The third-order valence-electron chi connectivity index (χ3n) is 2.38. The van der Waals surface area contributed by atoms with Gasteiger partial charge in [0.05, 0.1) is 16.9 Å². The largest absolute Gasteiger partial charge is 0.396 e. The van der Waals surface area contributed by atoms with Crippen LogP contribution in [0.2, 0.25) is 0 Å². The molecule has 2 rings (SSSR count). The lowest BCUT2D eigenvalue weighted by molar-refractivity contribution is 0.100. The van der Waals surface area contributed by atoms with Crippen LogP contribution in [0.15, 0.2) is 36.5 Å². The average molecular weight is 339 g/mol. The van der Waals surface area contributed by atoms with Gasteiger partial charge in [0.1, 0.15) is 0 Å². The van der Waals surface area contributed by atoms with Crippen LogP contribution < -0.4 is 11.5 Å². The fourth-order valence-corrected chi connectivity index (χ4v) is 2.20. The second-order valence-corrected chi connectivity index (χ2v) is 4.63. The molecule has 0 atom stereocenters. The number of hydrogen-bond donors (Lipinski definition) is 2. The summed E-state index contributed by atoms with van der Waals surface area (Å²) >= 11 is 2.20. The van der Waals surface area contributed by atoms with E-state index in [1.54, 1.807) is 0 Å². The Balaban J connectivity index is 2.65. The van der Waals surface area contributed by atoms with E-state index in [9.17, 15) is 4.79 Å². The fraction of sp³-hybridized carbons (Fsp3) is 0. The van der Waals surface area contributed by atoms with E-state index >= 15 is 0 Å². The zero-order valence-electron chi connectivity index (χ0n) is 8.85. The number of primary amides is 1. The number of pyridine rings is 1. The first-order valence-corrected chi connectivity index (χ1v) is 5.98. The molecule has 0 spiro atoms.